The monoisotopic (exact) mass is 321 g/mol. The van der Waals surface area contributed by atoms with E-state index in [1.165, 1.54) is 12.3 Å². The molecule has 2 aromatic rings. The second kappa shape index (κ2) is 5.79. The van der Waals surface area contributed by atoms with E-state index in [9.17, 15) is 10.1 Å². The molecule has 1 aromatic carbocycles. The Hall–Kier alpha value is -1.95. The van der Waals surface area contributed by atoms with Crippen molar-refractivity contribution in [2.75, 3.05) is 5.32 Å². The highest BCUT2D eigenvalue weighted by atomic mass is 79.9. The highest BCUT2D eigenvalue weighted by Crippen LogP contribution is 2.28. The zero-order chi connectivity index (χ0) is 13.8. The van der Waals surface area contributed by atoms with E-state index < -0.39 is 4.92 Å². The number of aromatic nitrogens is 1. The Bertz CT molecular complexity index is 604. The van der Waals surface area contributed by atoms with Gasteiger partial charge in [-0.05, 0) is 24.6 Å². The summed E-state index contributed by atoms with van der Waals surface area (Å²) in [5.74, 6) is 0.274. The van der Waals surface area contributed by atoms with Gasteiger partial charge in [0.25, 0.3) is 0 Å². The topological polar surface area (TPSA) is 68.1 Å². The molecule has 1 atom stereocenters. The van der Waals surface area contributed by atoms with Crippen molar-refractivity contribution in [2.45, 2.75) is 13.0 Å². The number of nitro groups is 1. The Morgan fingerprint density at radius 2 is 2.05 bits per heavy atom. The number of nitrogens with one attached hydrogen (secondary N) is 1. The normalized spacial score (nSPS) is 11.9. The summed E-state index contributed by atoms with van der Waals surface area (Å²) in [7, 11) is 0. The van der Waals surface area contributed by atoms with E-state index in [4.69, 9.17) is 0 Å². The fraction of sp³-hybridized carbons (Fsp3) is 0.154. The second-order valence-electron chi connectivity index (χ2n) is 4.02. The third-order valence-electron chi connectivity index (χ3n) is 2.71. The van der Waals surface area contributed by atoms with Crippen LogP contribution in [0.5, 0.6) is 0 Å². The lowest BCUT2D eigenvalue weighted by Gasteiger charge is -2.16. The van der Waals surface area contributed by atoms with Crippen LogP contribution < -0.4 is 5.32 Å². The van der Waals surface area contributed by atoms with Crippen LogP contribution in [0.2, 0.25) is 0 Å². The lowest BCUT2D eigenvalue weighted by Crippen LogP contribution is -2.10. The second-order valence-corrected chi connectivity index (χ2v) is 4.87. The van der Waals surface area contributed by atoms with Gasteiger partial charge in [-0.15, -0.1) is 0 Å². The van der Waals surface area contributed by atoms with Crippen LogP contribution in [0.3, 0.4) is 0 Å². The van der Waals surface area contributed by atoms with Crippen LogP contribution in [0.25, 0.3) is 0 Å². The summed E-state index contributed by atoms with van der Waals surface area (Å²) >= 11 is 3.46. The zero-order valence-electron chi connectivity index (χ0n) is 10.2. The third kappa shape index (κ3) is 3.08. The molecule has 1 N–H and O–H groups in total. The summed E-state index contributed by atoms with van der Waals surface area (Å²) in [5.41, 5.74) is 0.990. The van der Waals surface area contributed by atoms with Crippen molar-refractivity contribution < 1.29 is 4.92 Å². The highest BCUT2D eigenvalue weighted by molar-refractivity contribution is 9.10. The molecule has 19 heavy (non-hydrogen) atoms. The SMILES string of the molecule is CC(Nc1ncccc1[N+](=O)[O-])c1ccccc1Br. The summed E-state index contributed by atoms with van der Waals surface area (Å²) in [5, 5.41) is 14.0. The van der Waals surface area contributed by atoms with Crippen LogP contribution in [0, 0.1) is 10.1 Å². The molecule has 0 aliphatic heterocycles. The maximum atomic E-state index is 10.9. The predicted octanol–water partition coefficient (Wildman–Crippen LogP) is 3.93. The molecule has 0 bridgehead atoms. The van der Waals surface area contributed by atoms with E-state index in [1.54, 1.807) is 6.07 Å². The fourth-order valence-corrected chi connectivity index (χ4v) is 2.39. The van der Waals surface area contributed by atoms with E-state index in [-0.39, 0.29) is 17.5 Å². The van der Waals surface area contributed by atoms with E-state index >= 15 is 0 Å². The molecule has 98 valence electrons. The zero-order valence-corrected chi connectivity index (χ0v) is 11.8. The molecule has 0 aliphatic rings. The number of benzene rings is 1. The van der Waals surface area contributed by atoms with E-state index in [2.05, 4.69) is 26.2 Å². The number of nitrogens with zero attached hydrogens (tertiary/aromatic N) is 2. The lowest BCUT2D eigenvalue weighted by molar-refractivity contribution is -0.384. The summed E-state index contributed by atoms with van der Waals surface area (Å²) in [4.78, 5) is 14.5. The Kier molecular flexibility index (Phi) is 4.11. The summed E-state index contributed by atoms with van der Waals surface area (Å²) in [6.45, 7) is 1.93. The maximum Gasteiger partial charge on any atom is 0.311 e. The molecular weight excluding hydrogens is 310 g/mol. The molecule has 1 heterocycles. The van der Waals surface area contributed by atoms with E-state index in [1.807, 2.05) is 31.2 Å². The minimum atomic E-state index is -0.442. The van der Waals surface area contributed by atoms with Gasteiger partial charge in [0.05, 0.1) is 11.0 Å². The van der Waals surface area contributed by atoms with Crippen molar-refractivity contribution in [1.29, 1.82) is 0 Å². The van der Waals surface area contributed by atoms with Gasteiger partial charge >= 0.3 is 5.69 Å². The molecule has 1 unspecified atom stereocenters. The lowest BCUT2D eigenvalue weighted by atomic mass is 10.1. The number of pyridine rings is 1. The molecule has 0 fully saturated rings. The molecule has 0 spiro atoms. The Morgan fingerprint density at radius 3 is 2.74 bits per heavy atom. The molecule has 0 aliphatic carbocycles. The van der Waals surface area contributed by atoms with Gasteiger partial charge in [0.2, 0.25) is 5.82 Å². The molecule has 5 nitrogen and oxygen atoms in total. The summed E-state index contributed by atoms with van der Waals surface area (Å²) in [6, 6.07) is 10.6. The van der Waals surface area contributed by atoms with Gasteiger partial charge in [-0.1, -0.05) is 34.1 Å². The first-order valence-corrected chi connectivity index (χ1v) is 6.49. The highest BCUT2D eigenvalue weighted by Gasteiger charge is 2.17. The molecular formula is C13H12BrN3O2. The number of rotatable bonds is 4. The molecule has 0 amide bonds. The predicted molar refractivity (Wildman–Crippen MR) is 77.1 cm³/mol. The van der Waals surface area contributed by atoms with Crippen LogP contribution >= 0.6 is 15.9 Å². The van der Waals surface area contributed by atoms with Gasteiger partial charge in [0.15, 0.2) is 0 Å². The third-order valence-corrected chi connectivity index (χ3v) is 3.43. The Labute approximate surface area is 119 Å². The quantitative estimate of drug-likeness (QED) is 0.684. The van der Waals surface area contributed by atoms with Gasteiger partial charge in [0, 0.05) is 16.7 Å². The van der Waals surface area contributed by atoms with Crippen LogP contribution in [-0.4, -0.2) is 9.91 Å². The Morgan fingerprint density at radius 1 is 1.32 bits per heavy atom. The molecule has 0 saturated heterocycles. The minimum absolute atomic E-state index is 0.0265. The van der Waals surface area contributed by atoms with Gasteiger partial charge in [0.1, 0.15) is 0 Å². The maximum absolute atomic E-state index is 10.9. The number of anilines is 1. The first kappa shape index (κ1) is 13.5. The number of halogens is 1. The Balaban J connectivity index is 2.27. The largest absolute Gasteiger partial charge is 0.358 e. The van der Waals surface area contributed by atoms with Crippen molar-refractivity contribution >= 4 is 27.4 Å². The molecule has 2 rings (SSSR count). The van der Waals surface area contributed by atoms with Crippen LogP contribution in [0.4, 0.5) is 11.5 Å². The fourth-order valence-electron chi connectivity index (χ4n) is 1.76. The molecule has 0 radical (unpaired) electrons. The van der Waals surface area contributed by atoms with Crippen molar-refractivity contribution in [2.24, 2.45) is 0 Å². The number of hydrogen-bond donors (Lipinski definition) is 1. The van der Waals surface area contributed by atoms with Gasteiger partial charge in [-0.3, -0.25) is 10.1 Å². The van der Waals surface area contributed by atoms with Crippen LogP contribution in [-0.2, 0) is 0 Å². The van der Waals surface area contributed by atoms with Gasteiger partial charge in [-0.2, -0.15) is 0 Å². The average Bonchev–Trinajstić information content (AvgIpc) is 2.39. The van der Waals surface area contributed by atoms with E-state index in [0.29, 0.717) is 0 Å². The van der Waals surface area contributed by atoms with E-state index in [0.717, 1.165) is 10.0 Å². The summed E-state index contributed by atoms with van der Waals surface area (Å²) < 4.78 is 0.952. The minimum Gasteiger partial charge on any atom is -0.358 e. The molecule has 1 aromatic heterocycles. The summed E-state index contributed by atoms with van der Waals surface area (Å²) in [6.07, 6.45) is 1.53. The average molecular weight is 322 g/mol. The van der Waals surface area contributed by atoms with Crippen molar-refractivity contribution in [3.05, 3.63) is 62.7 Å². The first-order valence-electron chi connectivity index (χ1n) is 5.70. The van der Waals surface area contributed by atoms with Crippen LogP contribution in [0.1, 0.15) is 18.5 Å². The molecule has 0 saturated carbocycles. The number of hydrogen-bond acceptors (Lipinski definition) is 4. The molecule has 6 heteroatoms. The van der Waals surface area contributed by atoms with Crippen molar-refractivity contribution in [3.8, 4) is 0 Å². The van der Waals surface area contributed by atoms with Gasteiger partial charge in [-0.25, -0.2) is 4.98 Å². The smallest absolute Gasteiger partial charge is 0.311 e. The standard InChI is InChI=1S/C13H12BrN3O2/c1-9(10-5-2-3-6-11(10)14)16-13-12(17(18)19)7-4-8-15-13/h2-9H,1H3,(H,15,16). The van der Waals surface area contributed by atoms with Crippen molar-refractivity contribution in [1.82, 2.24) is 4.98 Å². The van der Waals surface area contributed by atoms with Crippen LogP contribution in [0.15, 0.2) is 47.1 Å². The van der Waals surface area contributed by atoms with Gasteiger partial charge < -0.3 is 5.32 Å². The first-order chi connectivity index (χ1) is 9.09. The van der Waals surface area contributed by atoms with Crippen molar-refractivity contribution in [3.63, 3.8) is 0 Å².